The first-order chi connectivity index (χ1) is 14.7. The fraction of sp³-hybridized carbons (Fsp3) is 0.259. The van der Waals surface area contributed by atoms with Crippen molar-refractivity contribution in [3.63, 3.8) is 0 Å². The van der Waals surface area contributed by atoms with Gasteiger partial charge in [0.05, 0.1) is 11.1 Å². The highest BCUT2D eigenvalue weighted by Gasteiger charge is 2.41. The molecule has 0 radical (unpaired) electrons. The standard InChI is InChI=1S/C27H25NO2/c1-2-27(17-18-28-25(29)21-11-5-6-12-22(21)26(28)30)23-13-7-3-9-19(23)15-16-20-10-4-8-14-24(20)27/h3-14H,2,15-18H2,1H3. The lowest BCUT2D eigenvalue weighted by Crippen LogP contribution is -2.37. The lowest BCUT2D eigenvalue weighted by molar-refractivity contribution is 0.0644. The smallest absolute Gasteiger partial charge is 0.261 e. The van der Waals surface area contributed by atoms with E-state index in [1.54, 1.807) is 12.1 Å². The summed E-state index contributed by atoms with van der Waals surface area (Å²) in [7, 11) is 0. The van der Waals surface area contributed by atoms with Gasteiger partial charge < -0.3 is 0 Å². The van der Waals surface area contributed by atoms with Crippen LogP contribution in [0.2, 0.25) is 0 Å². The van der Waals surface area contributed by atoms with Gasteiger partial charge in [0.15, 0.2) is 0 Å². The zero-order chi connectivity index (χ0) is 20.7. The number of hydrogen-bond donors (Lipinski definition) is 0. The number of imide groups is 1. The zero-order valence-corrected chi connectivity index (χ0v) is 17.2. The van der Waals surface area contributed by atoms with E-state index in [4.69, 9.17) is 0 Å². The van der Waals surface area contributed by atoms with Crippen LogP contribution in [-0.2, 0) is 18.3 Å². The van der Waals surface area contributed by atoms with Gasteiger partial charge in [-0.1, -0.05) is 67.6 Å². The molecule has 150 valence electrons. The fourth-order valence-electron chi connectivity index (χ4n) is 5.40. The number of carbonyl (C=O) groups is 2. The predicted molar refractivity (Wildman–Crippen MR) is 118 cm³/mol. The molecule has 2 amide bonds. The average molecular weight is 396 g/mol. The molecule has 0 saturated carbocycles. The van der Waals surface area contributed by atoms with E-state index in [0.717, 1.165) is 25.7 Å². The maximum absolute atomic E-state index is 12.9. The molecule has 30 heavy (non-hydrogen) atoms. The van der Waals surface area contributed by atoms with E-state index in [1.165, 1.54) is 27.2 Å². The van der Waals surface area contributed by atoms with Gasteiger partial charge >= 0.3 is 0 Å². The minimum Gasteiger partial charge on any atom is -0.274 e. The van der Waals surface area contributed by atoms with E-state index in [9.17, 15) is 9.59 Å². The molecule has 0 fully saturated rings. The van der Waals surface area contributed by atoms with Crippen LogP contribution in [0.1, 0.15) is 62.7 Å². The third-order valence-corrected chi connectivity index (χ3v) is 6.97. The van der Waals surface area contributed by atoms with Crippen molar-refractivity contribution < 1.29 is 9.59 Å². The van der Waals surface area contributed by atoms with Crippen LogP contribution in [0.4, 0.5) is 0 Å². The first kappa shape index (κ1) is 18.8. The largest absolute Gasteiger partial charge is 0.274 e. The summed E-state index contributed by atoms with van der Waals surface area (Å²) in [4.78, 5) is 27.3. The molecule has 0 atom stereocenters. The van der Waals surface area contributed by atoms with Crippen LogP contribution >= 0.6 is 0 Å². The Morgan fingerprint density at radius 1 is 0.733 bits per heavy atom. The van der Waals surface area contributed by atoms with Crippen LogP contribution in [0.3, 0.4) is 0 Å². The van der Waals surface area contributed by atoms with Gasteiger partial charge in [-0.15, -0.1) is 0 Å². The monoisotopic (exact) mass is 395 g/mol. The molecule has 0 saturated heterocycles. The van der Waals surface area contributed by atoms with Gasteiger partial charge in [-0.05, 0) is 60.1 Å². The van der Waals surface area contributed by atoms with Gasteiger partial charge in [0.2, 0.25) is 0 Å². The molecule has 0 bridgehead atoms. The summed E-state index contributed by atoms with van der Waals surface area (Å²) >= 11 is 0. The third-order valence-electron chi connectivity index (χ3n) is 6.97. The molecule has 2 aliphatic rings. The maximum atomic E-state index is 12.9. The van der Waals surface area contributed by atoms with Crippen LogP contribution in [-0.4, -0.2) is 23.3 Å². The van der Waals surface area contributed by atoms with Gasteiger partial charge in [-0.25, -0.2) is 0 Å². The first-order valence-electron chi connectivity index (χ1n) is 10.8. The molecular formula is C27H25NO2. The highest BCUT2D eigenvalue weighted by molar-refractivity contribution is 6.21. The maximum Gasteiger partial charge on any atom is 0.261 e. The Morgan fingerprint density at radius 3 is 1.70 bits per heavy atom. The number of hydrogen-bond acceptors (Lipinski definition) is 2. The van der Waals surface area contributed by atoms with Crippen LogP contribution in [0.5, 0.6) is 0 Å². The number of carbonyl (C=O) groups excluding carboxylic acids is 2. The SMILES string of the molecule is CCC1(CCN2C(=O)c3ccccc3C2=O)c2ccccc2CCc2ccccc21. The lowest BCUT2D eigenvalue weighted by atomic mass is 9.68. The molecule has 5 rings (SSSR count). The number of amides is 2. The average Bonchev–Trinajstić information content (AvgIpc) is 2.95. The Kier molecular flexibility index (Phi) is 4.54. The van der Waals surface area contributed by atoms with Crippen molar-refractivity contribution in [3.05, 3.63) is 106 Å². The summed E-state index contributed by atoms with van der Waals surface area (Å²) in [6.07, 6.45) is 3.68. The van der Waals surface area contributed by atoms with Crippen molar-refractivity contribution >= 4 is 11.8 Å². The molecule has 0 N–H and O–H groups in total. The minimum absolute atomic E-state index is 0.169. The molecule has 3 aromatic rings. The van der Waals surface area contributed by atoms with Gasteiger partial charge in [0.1, 0.15) is 0 Å². The summed E-state index contributed by atoms with van der Waals surface area (Å²) in [5, 5.41) is 0. The molecule has 0 unspecified atom stereocenters. The quantitative estimate of drug-likeness (QED) is 0.572. The van der Waals surface area contributed by atoms with E-state index in [-0.39, 0.29) is 17.2 Å². The van der Waals surface area contributed by atoms with Crippen molar-refractivity contribution in [1.29, 1.82) is 0 Å². The van der Waals surface area contributed by atoms with Crippen molar-refractivity contribution in [2.75, 3.05) is 6.54 Å². The summed E-state index contributed by atoms with van der Waals surface area (Å²) in [5.41, 5.74) is 6.27. The molecule has 1 heterocycles. The zero-order valence-electron chi connectivity index (χ0n) is 17.2. The third kappa shape index (κ3) is 2.72. The molecule has 1 aliphatic heterocycles. The first-order valence-corrected chi connectivity index (χ1v) is 10.8. The summed E-state index contributed by atoms with van der Waals surface area (Å²) in [5.74, 6) is -0.339. The second-order valence-electron chi connectivity index (χ2n) is 8.31. The van der Waals surface area contributed by atoms with Crippen molar-refractivity contribution in [2.24, 2.45) is 0 Å². The second-order valence-corrected chi connectivity index (χ2v) is 8.31. The topological polar surface area (TPSA) is 37.4 Å². The number of fused-ring (bicyclic) bond motifs is 3. The Morgan fingerprint density at radius 2 is 1.20 bits per heavy atom. The van der Waals surface area contributed by atoms with Gasteiger partial charge in [0, 0.05) is 12.0 Å². The van der Waals surface area contributed by atoms with E-state index in [0.29, 0.717) is 17.7 Å². The molecule has 0 aromatic heterocycles. The Balaban J connectivity index is 1.56. The van der Waals surface area contributed by atoms with Gasteiger partial charge in [0.25, 0.3) is 11.8 Å². The molecule has 3 heteroatoms. The summed E-state index contributed by atoms with van der Waals surface area (Å²) in [6, 6.07) is 24.5. The molecular weight excluding hydrogens is 370 g/mol. The van der Waals surface area contributed by atoms with Crippen LogP contribution in [0.15, 0.2) is 72.8 Å². The van der Waals surface area contributed by atoms with Crippen LogP contribution in [0, 0.1) is 0 Å². The number of nitrogens with zero attached hydrogens (tertiary/aromatic N) is 1. The van der Waals surface area contributed by atoms with Gasteiger partial charge in [-0.3, -0.25) is 14.5 Å². The van der Waals surface area contributed by atoms with Crippen LogP contribution < -0.4 is 0 Å². The predicted octanol–water partition coefficient (Wildman–Crippen LogP) is 5.17. The summed E-state index contributed by atoms with van der Waals surface area (Å²) in [6.45, 7) is 2.64. The van der Waals surface area contributed by atoms with E-state index in [2.05, 4.69) is 55.5 Å². The Labute approximate surface area is 177 Å². The fourth-order valence-corrected chi connectivity index (χ4v) is 5.40. The van der Waals surface area contributed by atoms with E-state index in [1.807, 2.05) is 12.1 Å². The number of benzene rings is 3. The highest BCUT2D eigenvalue weighted by Crippen LogP contribution is 2.45. The normalized spacial score (nSPS) is 16.6. The molecule has 1 aliphatic carbocycles. The lowest BCUT2D eigenvalue weighted by Gasteiger charge is -2.37. The van der Waals surface area contributed by atoms with Crippen molar-refractivity contribution in [3.8, 4) is 0 Å². The van der Waals surface area contributed by atoms with Crippen molar-refractivity contribution in [1.82, 2.24) is 4.90 Å². The van der Waals surface area contributed by atoms with Crippen molar-refractivity contribution in [2.45, 2.75) is 38.0 Å². The molecule has 0 spiro atoms. The summed E-state index contributed by atoms with van der Waals surface area (Å²) < 4.78 is 0. The number of aryl methyl sites for hydroxylation is 2. The number of rotatable bonds is 4. The van der Waals surface area contributed by atoms with E-state index < -0.39 is 0 Å². The van der Waals surface area contributed by atoms with E-state index >= 15 is 0 Å². The van der Waals surface area contributed by atoms with Gasteiger partial charge in [-0.2, -0.15) is 0 Å². The molecule has 3 aromatic carbocycles. The second kappa shape index (κ2) is 7.24. The highest BCUT2D eigenvalue weighted by atomic mass is 16.2. The Hall–Kier alpha value is -3.20. The Bertz CT molecular complexity index is 1060. The van der Waals surface area contributed by atoms with Crippen LogP contribution in [0.25, 0.3) is 0 Å². The minimum atomic E-state index is -0.209. The molecule has 3 nitrogen and oxygen atoms in total.